The Morgan fingerprint density at radius 2 is 1.77 bits per heavy atom. The van der Waals surface area contributed by atoms with Gasteiger partial charge in [0.25, 0.3) is 0 Å². The zero-order valence-corrected chi connectivity index (χ0v) is 17.8. The lowest BCUT2D eigenvalue weighted by Crippen LogP contribution is -2.44. The standard InChI is InChI=1S/C24H34N4O2/c29-24(26-18-22(23-9-6-16-30-23)28-12-4-5-13-28)25-17-20-10-14-27(15-11-20)19-21-7-2-1-3-8-21/h1-3,6-9,16,20,22H,4-5,10-15,17-19H2,(H2,25,26,29). The van der Waals surface area contributed by atoms with Crippen LogP contribution in [-0.4, -0.2) is 55.1 Å². The van der Waals surface area contributed by atoms with E-state index in [9.17, 15) is 4.79 Å². The predicted molar refractivity (Wildman–Crippen MR) is 118 cm³/mol. The van der Waals surface area contributed by atoms with E-state index in [1.54, 1.807) is 6.26 Å². The summed E-state index contributed by atoms with van der Waals surface area (Å²) in [6.07, 6.45) is 6.41. The summed E-state index contributed by atoms with van der Waals surface area (Å²) in [6.45, 7) is 6.67. The largest absolute Gasteiger partial charge is 0.468 e. The van der Waals surface area contributed by atoms with E-state index in [0.717, 1.165) is 57.9 Å². The molecule has 2 aliphatic rings. The molecule has 1 aromatic carbocycles. The van der Waals surface area contributed by atoms with Crippen molar-refractivity contribution in [3.05, 3.63) is 60.1 Å². The molecule has 6 nitrogen and oxygen atoms in total. The Kier molecular flexibility index (Phi) is 7.43. The van der Waals surface area contributed by atoms with Gasteiger partial charge >= 0.3 is 6.03 Å². The van der Waals surface area contributed by atoms with Gasteiger partial charge < -0.3 is 15.1 Å². The van der Waals surface area contributed by atoms with Crippen molar-refractivity contribution >= 4 is 6.03 Å². The molecule has 0 aliphatic carbocycles. The second kappa shape index (κ2) is 10.6. The smallest absolute Gasteiger partial charge is 0.314 e. The van der Waals surface area contributed by atoms with Crippen molar-refractivity contribution in [1.29, 1.82) is 0 Å². The number of carbonyl (C=O) groups is 1. The number of urea groups is 1. The van der Waals surface area contributed by atoms with Crippen molar-refractivity contribution in [3.8, 4) is 0 Å². The van der Waals surface area contributed by atoms with Gasteiger partial charge in [0, 0.05) is 19.6 Å². The minimum absolute atomic E-state index is 0.0718. The van der Waals surface area contributed by atoms with Crippen molar-refractivity contribution in [1.82, 2.24) is 20.4 Å². The maximum Gasteiger partial charge on any atom is 0.314 e. The third-order valence-electron chi connectivity index (χ3n) is 6.42. The molecule has 0 spiro atoms. The first-order valence-electron chi connectivity index (χ1n) is 11.3. The molecule has 2 aromatic rings. The molecule has 30 heavy (non-hydrogen) atoms. The highest BCUT2D eigenvalue weighted by Gasteiger charge is 2.26. The van der Waals surface area contributed by atoms with Crippen LogP contribution in [0.25, 0.3) is 0 Å². The van der Waals surface area contributed by atoms with Crippen LogP contribution < -0.4 is 10.6 Å². The summed E-state index contributed by atoms with van der Waals surface area (Å²) in [5, 5.41) is 6.16. The highest BCUT2D eigenvalue weighted by atomic mass is 16.3. The zero-order chi connectivity index (χ0) is 20.6. The Morgan fingerprint density at radius 1 is 1.00 bits per heavy atom. The van der Waals surface area contributed by atoms with E-state index in [-0.39, 0.29) is 12.1 Å². The number of piperidine rings is 1. The number of hydrogen-bond donors (Lipinski definition) is 2. The fourth-order valence-electron chi connectivity index (χ4n) is 4.62. The lowest BCUT2D eigenvalue weighted by molar-refractivity contribution is 0.173. The summed E-state index contributed by atoms with van der Waals surface area (Å²) in [6, 6.07) is 14.6. The van der Waals surface area contributed by atoms with Crippen LogP contribution in [0.5, 0.6) is 0 Å². The molecule has 1 aromatic heterocycles. The first kappa shape index (κ1) is 20.9. The Bertz CT molecular complexity index is 751. The van der Waals surface area contributed by atoms with Crippen LogP contribution in [0, 0.1) is 5.92 Å². The summed E-state index contributed by atoms with van der Waals surface area (Å²) in [7, 11) is 0. The van der Waals surface area contributed by atoms with E-state index >= 15 is 0 Å². The van der Waals surface area contributed by atoms with Crippen LogP contribution >= 0.6 is 0 Å². The Labute approximate surface area is 179 Å². The lowest BCUT2D eigenvalue weighted by atomic mass is 9.96. The Balaban J connectivity index is 1.16. The maximum atomic E-state index is 12.4. The van der Waals surface area contributed by atoms with Crippen LogP contribution in [0.4, 0.5) is 4.79 Å². The molecule has 1 atom stereocenters. The molecule has 2 amide bonds. The third kappa shape index (κ3) is 5.86. The molecule has 2 N–H and O–H groups in total. The summed E-state index contributed by atoms with van der Waals surface area (Å²) >= 11 is 0. The Morgan fingerprint density at radius 3 is 2.47 bits per heavy atom. The second-order valence-corrected chi connectivity index (χ2v) is 8.57. The summed E-state index contributed by atoms with van der Waals surface area (Å²) < 4.78 is 5.63. The van der Waals surface area contributed by atoms with Crippen LogP contribution in [0.3, 0.4) is 0 Å². The highest BCUT2D eigenvalue weighted by Crippen LogP contribution is 2.25. The molecule has 4 rings (SSSR count). The van der Waals surface area contributed by atoms with E-state index in [2.05, 4.69) is 50.8 Å². The third-order valence-corrected chi connectivity index (χ3v) is 6.42. The van der Waals surface area contributed by atoms with Gasteiger partial charge in [0.05, 0.1) is 12.3 Å². The molecule has 3 heterocycles. The van der Waals surface area contributed by atoms with Gasteiger partial charge in [-0.3, -0.25) is 9.80 Å². The average molecular weight is 411 g/mol. The minimum atomic E-state index is -0.0718. The number of nitrogens with one attached hydrogen (secondary N) is 2. The molecule has 1 unspecified atom stereocenters. The molecule has 162 valence electrons. The molecular formula is C24H34N4O2. The van der Waals surface area contributed by atoms with E-state index in [0.29, 0.717) is 12.5 Å². The van der Waals surface area contributed by atoms with Crippen molar-refractivity contribution in [2.45, 2.75) is 38.3 Å². The normalized spacial score (nSPS) is 19.6. The number of hydrogen-bond acceptors (Lipinski definition) is 4. The van der Waals surface area contributed by atoms with E-state index in [4.69, 9.17) is 4.42 Å². The lowest BCUT2D eigenvalue weighted by Gasteiger charge is -2.32. The van der Waals surface area contributed by atoms with E-state index in [1.807, 2.05) is 12.1 Å². The number of rotatable bonds is 8. The molecule has 6 heteroatoms. The van der Waals surface area contributed by atoms with Crippen LogP contribution in [0.1, 0.15) is 43.0 Å². The van der Waals surface area contributed by atoms with Gasteiger partial charge in [-0.1, -0.05) is 30.3 Å². The van der Waals surface area contributed by atoms with E-state index in [1.165, 1.54) is 18.4 Å². The minimum Gasteiger partial charge on any atom is -0.468 e. The van der Waals surface area contributed by atoms with Crippen LogP contribution in [-0.2, 0) is 6.54 Å². The monoisotopic (exact) mass is 410 g/mol. The van der Waals surface area contributed by atoms with Gasteiger partial charge in [-0.2, -0.15) is 0 Å². The topological polar surface area (TPSA) is 60.8 Å². The maximum absolute atomic E-state index is 12.4. The number of likely N-dealkylation sites (tertiary alicyclic amines) is 2. The fraction of sp³-hybridized carbons (Fsp3) is 0.542. The zero-order valence-electron chi connectivity index (χ0n) is 17.8. The van der Waals surface area contributed by atoms with Gasteiger partial charge in [0.1, 0.15) is 5.76 Å². The van der Waals surface area contributed by atoms with Crippen molar-refractivity contribution in [2.75, 3.05) is 39.3 Å². The van der Waals surface area contributed by atoms with Gasteiger partial charge in [0.2, 0.25) is 0 Å². The van der Waals surface area contributed by atoms with E-state index < -0.39 is 0 Å². The van der Waals surface area contributed by atoms with Crippen molar-refractivity contribution < 1.29 is 9.21 Å². The fourth-order valence-corrected chi connectivity index (χ4v) is 4.62. The molecule has 2 fully saturated rings. The van der Waals surface area contributed by atoms with Gasteiger partial charge in [-0.05, 0) is 75.5 Å². The highest BCUT2D eigenvalue weighted by molar-refractivity contribution is 5.73. The van der Waals surface area contributed by atoms with Crippen LogP contribution in [0.15, 0.2) is 53.1 Å². The first-order chi connectivity index (χ1) is 14.8. The van der Waals surface area contributed by atoms with Gasteiger partial charge in [0.15, 0.2) is 0 Å². The molecule has 0 radical (unpaired) electrons. The van der Waals surface area contributed by atoms with Crippen molar-refractivity contribution in [3.63, 3.8) is 0 Å². The molecule has 2 saturated heterocycles. The molecule has 0 saturated carbocycles. The molecular weight excluding hydrogens is 376 g/mol. The number of amides is 2. The molecule has 2 aliphatic heterocycles. The number of furan rings is 1. The second-order valence-electron chi connectivity index (χ2n) is 8.57. The first-order valence-corrected chi connectivity index (χ1v) is 11.3. The SMILES string of the molecule is O=C(NCC1CCN(Cc2ccccc2)CC1)NCC(c1ccco1)N1CCCC1. The number of nitrogens with zero attached hydrogens (tertiary/aromatic N) is 2. The van der Waals surface area contributed by atoms with Gasteiger partial charge in [-0.15, -0.1) is 0 Å². The number of benzene rings is 1. The van der Waals surface area contributed by atoms with Crippen molar-refractivity contribution in [2.24, 2.45) is 5.92 Å². The van der Waals surface area contributed by atoms with Crippen LogP contribution in [0.2, 0.25) is 0 Å². The predicted octanol–water partition coefficient (Wildman–Crippen LogP) is 3.63. The molecule has 0 bridgehead atoms. The summed E-state index contributed by atoms with van der Waals surface area (Å²) in [4.78, 5) is 17.3. The quantitative estimate of drug-likeness (QED) is 0.698. The average Bonchev–Trinajstić information content (AvgIpc) is 3.49. The summed E-state index contributed by atoms with van der Waals surface area (Å²) in [5.41, 5.74) is 1.37. The Hall–Kier alpha value is -2.31. The summed E-state index contributed by atoms with van der Waals surface area (Å²) in [5.74, 6) is 1.49. The number of carbonyl (C=O) groups excluding carboxylic acids is 1. The van der Waals surface area contributed by atoms with Gasteiger partial charge in [-0.25, -0.2) is 4.79 Å².